The van der Waals surface area contributed by atoms with E-state index in [9.17, 15) is 4.79 Å². The molecule has 24 heavy (non-hydrogen) atoms. The van der Waals surface area contributed by atoms with Crippen molar-refractivity contribution in [2.75, 3.05) is 0 Å². The molecule has 2 aromatic carbocycles. The van der Waals surface area contributed by atoms with Crippen LogP contribution in [0.1, 0.15) is 37.7 Å². The van der Waals surface area contributed by atoms with E-state index in [1.807, 2.05) is 0 Å². The van der Waals surface area contributed by atoms with E-state index in [2.05, 4.69) is 47.8 Å². The monoisotopic (exact) mass is 319 g/mol. The van der Waals surface area contributed by atoms with Gasteiger partial charge in [-0.1, -0.05) is 42.5 Å². The summed E-state index contributed by atoms with van der Waals surface area (Å²) in [6, 6.07) is 15.1. The SMILES string of the molecule is O=C(Cc1cccc2ccccc12)NC1C2CC3CC(C2)CC1C3. The molecule has 2 heteroatoms. The second-order valence-electron chi connectivity index (χ2n) is 8.34. The van der Waals surface area contributed by atoms with Crippen molar-refractivity contribution in [3.8, 4) is 0 Å². The van der Waals surface area contributed by atoms with E-state index < -0.39 is 0 Å². The molecule has 1 amide bonds. The van der Waals surface area contributed by atoms with Crippen LogP contribution in [-0.2, 0) is 11.2 Å². The topological polar surface area (TPSA) is 29.1 Å². The van der Waals surface area contributed by atoms with Gasteiger partial charge in [0.25, 0.3) is 0 Å². The summed E-state index contributed by atoms with van der Waals surface area (Å²) in [5.41, 5.74) is 1.15. The van der Waals surface area contributed by atoms with Gasteiger partial charge in [-0.05, 0) is 72.1 Å². The van der Waals surface area contributed by atoms with Gasteiger partial charge in [0.15, 0.2) is 0 Å². The molecule has 0 atom stereocenters. The van der Waals surface area contributed by atoms with Crippen molar-refractivity contribution in [1.82, 2.24) is 5.32 Å². The van der Waals surface area contributed by atoms with E-state index >= 15 is 0 Å². The van der Waals surface area contributed by atoms with Crippen molar-refractivity contribution < 1.29 is 4.79 Å². The highest BCUT2D eigenvalue weighted by Gasteiger charge is 2.48. The number of hydrogen-bond donors (Lipinski definition) is 1. The third kappa shape index (κ3) is 2.44. The minimum atomic E-state index is 0.212. The average Bonchev–Trinajstić information content (AvgIpc) is 2.58. The lowest BCUT2D eigenvalue weighted by molar-refractivity contribution is -0.124. The summed E-state index contributed by atoms with van der Waals surface area (Å²) in [4.78, 5) is 12.7. The lowest BCUT2D eigenvalue weighted by Crippen LogP contribution is -2.56. The number of amides is 1. The zero-order chi connectivity index (χ0) is 16.1. The van der Waals surface area contributed by atoms with Crippen molar-refractivity contribution >= 4 is 16.7 Å². The normalized spacial score (nSPS) is 33.8. The van der Waals surface area contributed by atoms with Crippen molar-refractivity contribution in [2.45, 2.75) is 44.6 Å². The molecule has 0 spiro atoms. The van der Waals surface area contributed by atoms with E-state index in [1.54, 1.807) is 0 Å². The second-order valence-corrected chi connectivity index (χ2v) is 8.34. The molecule has 0 heterocycles. The Morgan fingerprint density at radius 3 is 2.29 bits per heavy atom. The average molecular weight is 319 g/mol. The fourth-order valence-electron chi connectivity index (χ4n) is 6.02. The van der Waals surface area contributed by atoms with Gasteiger partial charge in [-0.25, -0.2) is 0 Å². The summed E-state index contributed by atoms with van der Waals surface area (Å²) in [7, 11) is 0. The molecule has 4 fully saturated rings. The van der Waals surface area contributed by atoms with Crippen LogP contribution in [0, 0.1) is 23.7 Å². The highest BCUT2D eigenvalue weighted by molar-refractivity contribution is 5.90. The zero-order valence-electron chi connectivity index (χ0n) is 14.1. The minimum absolute atomic E-state index is 0.212. The number of fused-ring (bicyclic) bond motifs is 1. The van der Waals surface area contributed by atoms with Crippen molar-refractivity contribution in [2.24, 2.45) is 23.7 Å². The Morgan fingerprint density at radius 2 is 1.54 bits per heavy atom. The Bertz CT molecular complexity index is 747. The molecule has 4 bridgehead atoms. The molecule has 0 radical (unpaired) electrons. The smallest absolute Gasteiger partial charge is 0.224 e. The summed E-state index contributed by atoms with van der Waals surface area (Å²) in [5, 5.41) is 5.86. The molecule has 0 saturated heterocycles. The molecule has 0 aromatic heterocycles. The molecule has 4 saturated carbocycles. The van der Waals surface area contributed by atoms with Crippen LogP contribution in [0.4, 0.5) is 0 Å². The first-order valence-electron chi connectivity index (χ1n) is 9.52. The quantitative estimate of drug-likeness (QED) is 0.896. The van der Waals surface area contributed by atoms with Crippen LogP contribution < -0.4 is 5.32 Å². The summed E-state index contributed by atoms with van der Waals surface area (Å²) in [5.74, 6) is 3.62. The summed E-state index contributed by atoms with van der Waals surface area (Å²) in [6.45, 7) is 0. The van der Waals surface area contributed by atoms with Crippen LogP contribution >= 0.6 is 0 Å². The maximum Gasteiger partial charge on any atom is 0.224 e. The van der Waals surface area contributed by atoms with E-state index in [-0.39, 0.29) is 5.91 Å². The van der Waals surface area contributed by atoms with Gasteiger partial charge in [0.05, 0.1) is 6.42 Å². The van der Waals surface area contributed by atoms with Crippen LogP contribution in [0.5, 0.6) is 0 Å². The molecule has 124 valence electrons. The zero-order valence-corrected chi connectivity index (χ0v) is 14.1. The van der Waals surface area contributed by atoms with Gasteiger partial charge in [-0.3, -0.25) is 4.79 Å². The number of benzene rings is 2. The Labute approximate surface area is 143 Å². The number of nitrogens with one attached hydrogen (secondary N) is 1. The van der Waals surface area contributed by atoms with Gasteiger partial charge in [-0.15, -0.1) is 0 Å². The first-order chi connectivity index (χ1) is 11.8. The van der Waals surface area contributed by atoms with Crippen LogP contribution in [-0.4, -0.2) is 11.9 Å². The van der Waals surface area contributed by atoms with Crippen LogP contribution in [0.3, 0.4) is 0 Å². The van der Waals surface area contributed by atoms with Gasteiger partial charge in [0.1, 0.15) is 0 Å². The third-order valence-electron chi connectivity index (χ3n) is 6.79. The number of carbonyl (C=O) groups excluding carboxylic acids is 1. The minimum Gasteiger partial charge on any atom is -0.353 e. The standard InChI is InChI=1S/C22H25NO/c24-21(13-17-6-3-5-16-4-1-2-7-20(16)17)23-22-18-9-14-8-15(11-18)12-19(22)10-14/h1-7,14-15,18-19,22H,8-13H2,(H,23,24). The highest BCUT2D eigenvalue weighted by atomic mass is 16.1. The first kappa shape index (κ1) is 14.5. The lowest BCUT2D eigenvalue weighted by atomic mass is 9.54. The molecular weight excluding hydrogens is 294 g/mol. The molecule has 2 aromatic rings. The Morgan fingerprint density at radius 1 is 0.875 bits per heavy atom. The number of carbonyl (C=O) groups is 1. The molecule has 0 unspecified atom stereocenters. The lowest BCUT2D eigenvalue weighted by Gasteiger charge is -2.54. The number of hydrogen-bond acceptors (Lipinski definition) is 1. The summed E-state index contributed by atoms with van der Waals surface area (Å²) >= 11 is 0. The fourth-order valence-corrected chi connectivity index (χ4v) is 6.02. The third-order valence-corrected chi connectivity index (χ3v) is 6.79. The Hall–Kier alpha value is -1.83. The van der Waals surface area contributed by atoms with Gasteiger partial charge in [-0.2, -0.15) is 0 Å². The molecule has 4 aliphatic carbocycles. The molecule has 4 aliphatic rings. The van der Waals surface area contributed by atoms with Crippen LogP contribution in [0.15, 0.2) is 42.5 Å². The molecule has 0 aliphatic heterocycles. The van der Waals surface area contributed by atoms with E-state index in [0.29, 0.717) is 12.5 Å². The van der Waals surface area contributed by atoms with E-state index in [0.717, 1.165) is 29.2 Å². The highest BCUT2D eigenvalue weighted by Crippen LogP contribution is 2.53. The van der Waals surface area contributed by atoms with E-state index in [1.165, 1.54) is 42.9 Å². The fraction of sp³-hybridized carbons (Fsp3) is 0.500. The van der Waals surface area contributed by atoms with Crippen molar-refractivity contribution in [1.29, 1.82) is 0 Å². The maximum atomic E-state index is 12.7. The first-order valence-corrected chi connectivity index (χ1v) is 9.52. The van der Waals surface area contributed by atoms with E-state index in [4.69, 9.17) is 0 Å². The van der Waals surface area contributed by atoms with Gasteiger partial charge in [0, 0.05) is 6.04 Å². The predicted molar refractivity (Wildman–Crippen MR) is 96.6 cm³/mol. The second kappa shape index (κ2) is 5.61. The molecule has 1 N–H and O–H groups in total. The molecule has 2 nitrogen and oxygen atoms in total. The van der Waals surface area contributed by atoms with Crippen molar-refractivity contribution in [3.63, 3.8) is 0 Å². The number of rotatable bonds is 3. The summed E-state index contributed by atoms with van der Waals surface area (Å²) in [6.07, 6.45) is 7.38. The Kier molecular flexibility index (Phi) is 3.39. The predicted octanol–water partition coefficient (Wildman–Crippen LogP) is 4.32. The van der Waals surface area contributed by atoms with Crippen molar-refractivity contribution in [3.05, 3.63) is 48.0 Å². The molecule has 6 rings (SSSR count). The largest absolute Gasteiger partial charge is 0.353 e. The van der Waals surface area contributed by atoms with Crippen LogP contribution in [0.25, 0.3) is 10.8 Å². The Balaban J connectivity index is 1.32. The molecular formula is C22H25NO. The van der Waals surface area contributed by atoms with Gasteiger partial charge >= 0.3 is 0 Å². The maximum absolute atomic E-state index is 12.7. The van der Waals surface area contributed by atoms with Gasteiger partial charge < -0.3 is 5.32 Å². The van der Waals surface area contributed by atoms with Gasteiger partial charge in [0.2, 0.25) is 5.91 Å². The van der Waals surface area contributed by atoms with Crippen LogP contribution in [0.2, 0.25) is 0 Å². The summed E-state index contributed by atoms with van der Waals surface area (Å²) < 4.78 is 0.